The number of nitrogens with zero attached hydrogens (tertiary/aromatic N) is 2. The number of hydrogen-bond acceptors (Lipinski definition) is 7. The maximum atomic E-state index is 12.1. The summed E-state index contributed by atoms with van der Waals surface area (Å²) in [6.07, 6.45) is 1.93. The first-order chi connectivity index (χ1) is 14.4. The van der Waals surface area contributed by atoms with Crippen LogP contribution in [-0.2, 0) is 21.3 Å². The Kier molecular flexibility index (Phi) is 4.86. The lowest BCUT2D eigenvalue weighted by Gasteiger charge is -2.21. The molecule has 0 radical (unpaired) electrons. The van der Waals surface area contributed by atoms with Crippen LogP contribution in [0.4, 0.5) is 5.82 Å². The lowest BCUT2D eigenvalue weighted by Crippen LogP contribution is -2.24. The van der Waals surface area contributed by atoms with Gasteiger partial charge in [-0.2, -0.15) is 5.10 Å². The SMILES string of the molecule is COC(=O)c1cc(C(=O)OC)cc(-c2ccc([C@@H]3CC(=O)Nc4c3cnn4C)o2)c1. The number of carbonyl (C=O) groups excluding carboxylic acids is 3. The number of rotatable bonds is 4. The van der Waals surface area contributed by atoms with Gasteiger partial charge in [0, 0.05) is 24.6 Å². The summed E-state index contributed by atoms with van der Waals surface area (Å²) >= 11 is 0. The van der Waals surface area contributed by atoms with Crippen LogP contribution in [0.1, 0.15) is 44.4 Å². The summed E-state index contributed by atoms with van der Waals surface area (Å²) in [5.74, 6) is 0.0645. The first-order valence-corrected chi connectivity index (χ1v) is 9.14. The van der Waals surface area contributed by atoms with Gasteiger partial charge >= 0.3 is 11.9 Å². The van der Waals surface area contributed by atoms with Crippen molar-refractivity contribution in [3.8, 4) is 11.3 Å². The van der Waals surface area contributed by atoms with Gasteiger partial charge in [0.05, 0.1) is 37.5 Å². The molecule has 0 spiro atoms. The van der Waals surface area contributed by atoms with E-state index in [-0.39, 0.29) is 29.4 Å². The van der Waals surface area contributed by atoms with E-state index in [1.807, 2.05) is 0 Å². The maximum Gasteiger partial charge on any atom is 0.337 e. The third kappa shape index (κ3) is 3.34. The van der Waals surface area contributed by atoms with Crippen molar-refractivity contribution >= 4 is 23.7 Å². The Morgan fingerprint density at radius 2 is 1.80 bits per heavy atom. The van der Waals surface area contributed by atoms with Crippen molar-refractivity contribution in [2.24, 2.45) is 7.05 Å². The molecular weight excluding hydrogens is 390 g/mol. The first kappa shape index (κ1) is 19.4. The molecule has 30 heavy (non-hydrogen) atoms. The van der Waals surface area contributed by atoms with Crippen molar-refractivity contribution in [2.45, 2.75) is 12.3 Å². The zero-order chi connectivity index (χ0) is 21.4. The van der Waals surface area contributed by atoms with Gasteiger partial charge in [0.15, 0.2) is 0 Å². The number of ether oxygens (including phenoxy) is 2. The molecule has 0 aliphatic carbocycles. The standard InChI is InChI=1S/C21H19N3O6/c1-24-19-15(10-22-24)14(9-18(25)23-19)17-5-4-16(30-17)11-6-12(20(26)28-2)8-13(7-11)21(27)29-3/h4-8,10,14H,9H2,1-3H3,(H,23,25)/t14-/m1/s1. The maximum absolute atomic E-state index is 12.1. The second kappa shape index (κ2) is 7.51. The monoisotopic (exact) mass is 409 g/mol. The zero-order valence-electron chi connectivity index (χ0n) is 16.6. The van der Waals surface area contributed by atoms with E-state index in [2.05, 4.69) is 10.4 Å². The van der Waals surface area contributed by atoms with Crippen molar-refractivity contribution in [1.82, 2.24) is 9.78 Å². The Morgan fingerprint density at radius 3 is 2.43 bits per heavy atom. The molecule has 9 heteroatoms. The Morgan fingerprint density at radius 1 is 1.13 bits per heavy atom. The summed E-state index contributed by atoms with van der Waals surface area (Å²) < 4.78 is 17.2. The number of furan rings is 1. The van der Waals surface area contributed by atoms with Gasteiger partial charge in [-0.3, -0.25) is 9.48 Å². The van der Waals surface area contributed by atoms with E-state index in [9.17, 15) is 14.4 Å². The number of methoxy groups -OCH3 is 2. The van der Waals surface area contributed by atoms with Gasteiger partial charge in [-0.1, -0.05) is 0 Å². The molecule has 1 atom stereocenters. The van der Waals surface area contributed by atoms with E-state index < -0.39 is 11.9 Å². The lowest BCUT2D eigenvalue weighted by atomic mass is 9.92. The lowest BCUT2D eigenvalue weighted by molar-refractivity contribution is -0.116. The number of carbonyl (C=O) groups is 3. The van der Waals surface area contributed by atoms with E-state index in [4.69, 9.17) is 13.9 Å². The molecule has 0 fully saturated rings. The minimum atomic E-state index is -0.585. The van der Waals surface area contributed by atoms with Crippen molar-refractivity contribution in [3.63, 3.8) is 0 Å². The van der Waals surface area contributed by atoms with Crippen molar-refractivity contribution in [1.29, 1.82) is 0 Å². The van der Waals surface area contributed by atoms with Crippen molar-refractivity contribution in [2.75, 3.05) is 19.5 Å². The second-order valence-electron chi connectivity index (χ2n) is 6.86. The molecule has 9 nitrogen and oxygen atoms in total. The van der Waals surface area contributed by atoms with Gasteiger partial charge in [-0.05, 0) is 30.3 Å². The Labute approximate surface area is 171 Å². The molecule has 3 aromatic rings. The number of amides is 1. The van der Waals surface area contributed by atoms with Crippen molar-refractivity contribution < 1.29 is 28.3 Å². The number of hydrogen-bond donors (Lipinski definition) is 1. The number of benzene rings is 1. The largest absolute Gasteiger partial charge is 0.465 e. The van der Waals surface area contributed by atoms with E-state index in [0.29, 0.717) is 22.9 Å². The van der Waals surface area contributed by atoms with Crippen LogP contribution in [0.15, 0.2) is 40.9 Å². The second-order valence-corrected chi connectivity index (χ2v) is 6.86. The molecule has 0 saturated heterocycles. The number of fused-ring (bicyclic) bond motifs is 1. The van der Waals surface area contributed by atoms with Crippen molar-refractivity contribution in [3.05, 3.63) is 59.0 Å². The molecule has 0 saturated carbocycles. The fraction of sp³-hybridized carbons (Fsp3) is 0.238. The summed E-state index contributed by atoms with van der Waals surface area (Å²) in [4.78, 5) is 36.2. The summed E-state index contributed by atoms with van der Waals surface area (Å²) in [7, 11) is 4.27. The van der Waals surface area contributed by atoms with E-state index in [1.165, 1.54) is 20.3 Å². The van der Waals surface area contributed by atoms with Crippen LogP contribution in [0.2, 0.25) is 0 Å². The summed E-state index contributed by atoms with van der Waals surface area (Å²) in [5, 5.41) is 7.03. The fourth-order valence-electron chi connectivity index (χ4n) is 3.53. The Balaban J connectivity index is 1.75. The van der Waals surface area contributed by atoms with Gasteiger partial charge in [0.25, 0.3) is 0 Å². The average molecular weight is 409 g/mol. The summed E-state index contributed by atoms with van der Waals surface area (Å²) in [5.41, 5.74) is 1.76. The minimum Gasteiger partial charge on any atom is -0.465 e. The zero-order valence-corrected chi connectivity index (χ0v) is 16.6. The molecule has 0 bridgehead atoms. The Hall–Kier alpha value is -3.88. The van der Waals surface area contributed by atoms with Crippen LogP contribution in [-0.4, -0.2) is 41.8 Å². The number of aryl methyl sites for hydroxylation is 1. The van der Waals surface area contributed by atoms with Gasteiger partial charge in [0.2, 0.25) is 5.91 Å². The molecule has 1 amide bonds. The summed E-state index contributed by atoms with van der Waals surface area (Å²) in [6.45, 7) is 0. The molecule has 1 aromatic carbocycles. The Bertz CT molecular complexity index is 1130. The van der Waals surface area contributed by atoms with Gasteiger partial charge in [-0.15, -0.1) is 0 Å². The average Bonchev–Trinajstić information content (AvgIpc) is 3.39. The van der Waals surface area contributed by atoms with E-state index in [0.717, 1.165) is 5.56 Å². The van der Waals surface area contributed by atoms with Crippen LogP contribution in [0.5, 0.6) is 0 Å². The van der Waals surface area contributed by atoms with Gasteiger partial charge in [0.1, 0.15) is 17.3 Å². The predicted octanol–water partition coefficient (Wildman–Crippen LogP) is 2.73. The number of aromatic nitrogens is 2. The highest BCUT2D eigenvalue weighted by molar-refractivity contribution is 5.97. The van der Waals surface area contributed by atoms with E-state index >= 15 is 0 Å². The highest BCUT2D eigenvalue weighted by Crippen LogP contribution is 2.39. The number of anilines is 1. The van der Waals surface area contributed by atoms with Crippen LogP contribution in [0.3, 0.4) is 0 Å². The molecule has 1 N–H and O–H groups in total. The normalized spacial score (nSPS) is 15.3. The number of nitrogens with one attached hydrogen (secondary N) is 1. The molecule has 1 aliphatic rings. The van der Waals surface area contributed by atoms with E-state index in [1.54, 1.807) is 42.2 Å². The highest BCUT2D eigenvalue weighted by atomic mass is 16.5. The molecule has 0 unspecified atom stereocenters. The van der Waals surface area contributed by atoms with Crippen LogP contribution >= 0.6 is 0 Å². The quantitative estimate of drug-likeness (QED) is 0.659. The van der Waals surface area contributed by atoms with Crippen LogP contribution in [0, 0.1) is 0 Å². The predicted molar refractivity (Wildman–Crippen MR) is 105 cm³/mol. The van der Waals surface area contributed by atoms with Gasteiger partial charge in [-0.25, -0.2) is 9.59 Å². The smallest absolute Gasteiger partial charge is 0.337 e. The molecule has 2 aromatic heterocycles. The minimum absolute atomic E-state index is 0.130. The summed E-state index contributed by atoms with van der Waals surface area (Å²) in [6, 6.07) is 8.06. The van der Waals surface area contributed by atoms with Crippen LogP contribution in [0.25, 0.3) is 11.3 Å². The number of esters is 2. The fourth-order valence-corrected chi connectivity index (χ4v) is 3.53. The molecule has 3 heterocycles. The molecule has 154 valence electrons. The molecule has 4 rings (SSSR count). The van der Waals surface area contributed by atoms with Crippen LogP contribution < -0.4 is 5.32 Å². The highest BCUT2D eigenvalue weighted by Gasteiger charge is 2.31. The first-order valence-electron chi connectivity index (χ1n) is 9.14. The topological polar surface area (TPSA) is 113 Å². The third-order valence-electron chi connectivity index (χ3n) is 5.02. The third-order valence-corrected chi connectivity index (χ3v) is 5.02. The van der Waals surface area contributed by atoms with Gasteiger partial charge < -0.3 is 19.2 Å². The molecule has 1 aliphatic heterocycles. The molecular formula is C21H19N3O6.